The molecule has 0 heterocycles. The number of rotatable bonds is 5. The SMILES string of the molecule is Cc1cccc(OC(C)C(=O)NNC(=O)c2ccc(Cl)cc2[N+](=O)[O-])c1C. The van der Waals surface area contributed by atoms with Gasteiger partial charge in [-0.25, -0.2) is 0 Å². The molecule has 2 amide bonds. The van der Waals surface area contributed by atoms with E-state index in [0.29, 0.717) is 5.75 Å². The molecule has 0 spiro atoms. The highest BCUT2D eigenvalue weighted by Crippen LogP contribution is 2.23. The highest BCUT2D eigenvalue weighted by atomic mass is 35.5. The summed E-state index contributed by atoms with van der Waals surface area (Å²) in [4.78, 5) is 34.6. The van der Waals surface area contributed by atoms with Gasteiger partial charge in [-0.1, -0.05) is 23.7 Å². The molecule has 8 nitrogen and oxygen atoms in total. The summed E-state index contributed by atoms with van der Waals surface area (Å²) in [5.41, 5.74) is 5.56. The Labute approximate surface area is 160 Å². The average Bonchev–Trinajstić information content (AvgIpc) is 2.62. The van der Waals surface area contributed by atoms with Gasteiger partial charge >= 0.3 is 0 Å². The number of ether oxygens (including phenoxy) is 1. The Bertz CT molecular complexity index is 901. The van der Waals surface area contributed by atoms with Gasteiger partial charge in [0.05, 0.1) is 4.92 Å². The fourth-order valence-corrected chi connectivity index (χ4v) is 2.40. The summed E-state index contributed by atoms with van der Waals surface area (Å²) in [6.07, 6.45) is -0.897. The Hall–Kier alpha value is -3.13. The van der Waals surface area contributed by atoms with Crippen molar-refractivity contribution < 1.29 is 19.2 Å². The second-order valence-corrected chi connectivity index (χ2v) is 6.26. The predicted molar refractivity (Wildman–Crippen MR) is 99.7 cm³/mol. The molecule has 0 saturated carbocycles. The largest absolute Gasteiger partial charge is 0.481 e. The highest BCUT2D eigenvalue weighted by molar-refractivity contribution is 6.31. The molecule has 2 aromatic carbocycles. The Morgan fingerprint density at radius 1 is 1.19 bits per heavy atom. The molecule has 0 aliphatic rings. The van der Waals surface area contributed by atoms with Crippen molar-refractivity contribution in [2.45, 2.75) is 26.9 Å². The van der Waals surface area contributed by atoms with E-state index in [0.717, 1.165) is 17.2 Å². The number of carbonyl (C=O) groups excluding carboxylic acids is 2. The number of benzene rings is 2. The van der Waals surface area contributed by atoms with E-state index >= 15 is 0 Å². The fraction of sp³-hybridized carbons (Fsp3) is 0.222. The van der Waals surface area contributed by atoms with Gasteiger partial charge < -0.3 is 4.74 Å². The van der Waals surface area contributed by atoms with Crippen molar-refractivity contribution in [3.63, 3.8) is 0 Å². The molecule has 0 saturated heterocycles. The van der Waals surface area contributed by atoms with E-state index < -0.39 is 28.5 Å². The zero-order valence-electron chi connectivity index (χ0n) is 14.9. The van der Waals surface area contributed by atoms with Crippen LogP contribution in [0.1, 0.15) is 28.4 Å². The summed E-state index contributed by atoms with van der Waals surface area (Å²) in [7, 11) is 0. The Kier molecular flexibility index (Phi) is 6.36. The minimum absolute atomic E-state index is 0.123. The van der Waals surface area contributed by atoms with E-state index in [9.17, 15) is 19.7 Å². The van der Waals surface area contributed by atoms with Crippen LogP contribution in [0.5, 0.6) is 5.75 Å². The van der Waals surface area contributed by atoms with Gasteiger partial charge in [-0.15, -0.1) is 0 Å². The zero-order valence-corrected chi connectivity index (χ0v) is 15.7. The van der Waals surface area contributed by atoms with Crippen molar-refractivity contribution in [1.29, 1.82) is 0 Å². The van der Waals surface area contributed by atoms with Gasteiger partial charge in [0.15, 0.2) is 6.10 Å². The first kappa shape index (κ1) is 20.2. The van der Waals surface area contributed by atoms with Crippen molar-refractivity contribution in [2.75, 3.05) is 0 Å². The smallest absolute Gasteiger partial charge is 0.283 e. The molecule has 9 heteroatoms. The van der Waals surface area contributed by atoms with Crippen molar-refractivity contribution in [3.8, 4) is 5.75 Å². The summed E-state index contributed by atoms with van der Waals surface area (Å²) in [5.74, 6) is -0.899. The molecule has 2 N–H and O–H groups in total. The number of halogens is 1. The lowest BCUT2D eigenvalue weighted by Crippen LogP contribution is -2.47. The molecule has 0 fully saturated rings. The van der Waals surface area contributed by atoms with Gasteiger partial charge in [0.25, 0.3) is 17.5 Å². The van der Waals surface area contributed by atoms with Crippen molar-refractivity contribution in [1.82, 2.24) is 10.9 Å². The molecule has 0 aliphatic heterocycles. The van der Waals surface area contributed by atoms with E-state index in [1.54, 1.807) is 6.07 Å². The molecule has 1 unspecified atom stereocenters. The highest BCUT2D eigenvalue weighted by Gasteiger charge is 2.22. The molecule has 0 radical (unpaired) electrons. The lowest BCUT2D eigenvalue weighted by atomic mass is 10.1. The van der Waals surface area contributed by atoms with Crippen molar-refractivity contribution in [2.24, 2.45) is 0 Å². The quantitative estimate of drug-likeness (QED) is 0.601. The maximum Gasteiger partial charge on any atom is 0.283 e. The number of aryl methyl sites for hydroxylation is 1. The van der Waals surface area contributed by atoms with E-state index in [1.807, 2.05) is 26.0 Å². The lowest BCUT2D eigenvalue weighted by Gasteiger charge is -2.17. The van der Waals surface area contributed by atoms with E-state index in [2.05, 4.69) is 10.9 Å². The molecule has 2 aromatic rings. The zero-order chi connectivity index (χ0) is 20.1. The van der Waals surface area contributed by atoms with Crippen LogP contribution in [0.15, 0.2) is 36.4 Å². The number of nitrogens with one attached hydrogen (secondary N) is 2. The first-order chi connectivity index (χ1) is 12.7. The second kappa shape index (κ2) is 8.50. The molecule has 27 heavy (non-hydrogen) atoms. The van der Waals surface area contributed by atoms with Gasteiger partial charge in [-0.2, -0.15) is 0 Å². The topological polar surface area (TPSA) is 111 Å². The number of hydrogen-bond donors (Lipinski definition) is 2. The van der Waals surface area contributed by atoms with E-state index in [1.165, 1.54) is 19.1 Å². The Morgan fingerprint density at radius 3 is 2.56 bits per heavy atom. The number of nitro benzene ring substituents is 1. The number of hydrazine groups is 1. The standard InChI is InChI=1S/C18H18ClN3O5/c1-10-5-4-6-16(11(10)2)27-12(3)17(23)20-21-18(24)14-8-7-13(19)9-15(14)22(25)26/h4-9,12H,1-3H3,(H,20,23)(H,21,24). The second-order valence-electron chi connectivity index (χ2n) is 5.82. The normalized spacial score (nSPS) is 11.4. The lowest BCUT2D eigenvalue weighted by molar-refractivity contribution is -0.385. The van der Waals surface area contributed by atoms with Crippen molar-refractivity contribution in [3.05, 3.63) is 68.2 Å². The molecule has 1 atom stereocenters. The van der Waals surface area contributed by atoms with Crippen LogP contribution in [-0.2, 0) is 4.79 Å². The number of carbonyl (C=O) groups is 2. The van der Waals surface area contributed by atoms with Gasteiger partial charge in [0.2, 0.25) is 0 Å². The average molecular weight is 392 g/mol. The minimum atomic E-state index is -0.897. The van der Waals surface area contributed by atoms with Crippen LogP contribution in [0, 0.1) is 24.0 Å². The molecule has 0 aromatic heterocycles. The number of nitro groups is 1. The molecular formula is C18H18ClN3O5. The molecular weight excluding hydrogens is 374 g/mol. The maximum atomic E-state index is 12.2. The predicted octanol–water partition coefficient (Wildman–Crippen LogP) is 3.09. The molecule has 2 rings (SSSR count). The van der Waals surface area contributed by atoms with E-state index in [4.69, 9.17) is 16.3 Å². The Morgan fingerprint density at radius 2 is 1.89 bits per heavy atom. The molecule has 0 aliphatic carbocycles. The number of hydrogen-bond acceptors (Lipinski definition) is 5. The third-order valence-electron chi connectivity index (χ3n) is 3.93. The van der Waals surface area contributed by atoms with Crippen LogP contribution < -0.4 is 15.6 Å². The maximum absolute atomic E-state index is 12.2. The van der Waals surface area contributed by atoms with Crippen LogP contribution in [0.25, 0.3) is 0 Å². The third-order valence-corrected chi connectivity index (χ3v) is 4.16. The van der Waals surface area contributed by atoms with Gasteiger partial charge in [0, 0.05) is 11.1 Å². The van der Waals surface area contributed by atoms with Gasteiger partial charge in [-0.05, 0) is 50.1 Å². The van der Waals surface area contributed by atoms with E-state index in [-0.39, 0.29) is 10.6 Å². The van der Waals surface area contributed by atoms with Crippen LogP contribution in [0.2, 0.25) is 5.02 Å². The minimum Gasteiger partial charge on any atom is -0.481 e. The number of nitrogens with zero attached hydrogens (tertiary/aromatic N) is 1. The first-order valence-corrected chi connectivity index (χ1v) is 8.35. The molecule has 0 bridgehead atoms. The summed E-state index contributed by atoms with van der Waals surface area (Å²) >= 11 is 5.71. The van der Waals surface area contributed by atoms with Crippen LogP contribution in [0.4, 0.5) is 5.69 Å². The van der Waals surface area contributed by atoms with Gasteiger partial charge in [0.1, 0.15) is 11.3 Å². The molecule has 142 valence electrons. The first-order valence-electron chi connectivity index (χ1n) is 7.97. The third kappa shape index (κ3) is 4.95. The van der Waals surface area contributed by atoms with Crippen LogP contribution in [0.3, 0.4) is 0 Å². The fourth-order valence-electron chi connectivity index (χ4n) is 2.23. The van der Waals surface area contributed by atoms with Crippen molar-refractivity contribution >= 4 is 29.1 Å². The summed E-state index contributed by atoms with van der Waals surface area (Å²) in [5, 5.41) is 11.2. The van der Waals surface area contributed by atoms with Gasteiger partial charge in [-0.3, -0.25) is 30.6 Å². The number of amides is 2. The summed E-state index contributed by atoms with van der Waals surface area (Å²) < 4.78 is 5.61. The van der Waals surface area contributed by atoms with Crippen LogP contribution >= 0.6 is 11.6 Å². The summed E-state index contributed by atoms with van der Waals surface area (Å²) in [6, 6.07) is 9.08. The summed E-state index contributed by atoms with van der Waals surface area (Å²) in [6.45, 7) is 5.32. The Balaban J connectivity index is 2.02. The van der Waals surface area contributed by atoms with Crippen LogP contribution in [-0.4, -0.2) is 22.8 Å². The monoisotopic (exact) mass is 391 g/mol.